The fraction of sp³-hybridized carbons (Fsp3) is 0.500. The van der Waals surface area contributed by atoms with Crippen LogP contribution in [0, 0.1) is 17.0 Å². The van der Waals surface area contributed by atoms with Crippen molar-refractivity contribution < 1.29 is 19.6 Å². The van der Waals surface area contributed by atoms with Crippen LogP contribution >= 0.6 is 0 Å². The molecule has 0 bridgehead atoms. The molecule has 7 heteroatoms. The van der Waals surface area contributed by atoms with Crippen LogP contribution in [0.15, 0.2) is 12.1 Å². The molecule has 1 saturated heterocycles. The number of likely N-dealkylation sites (tertiary alicyclic amines) is 1. The zero-order chi connectivity index (χ0) is 15.4. The first-order valence-electron chi connectivity index (χ1n) is 6.86. The number of carboxylic acid groups (broad SMARTS) is 1. The Morgan fingerprint density at radius 3 is 2.67 bits per heavy atom. The maximum atomic E-state index is 11.0. The lowest BCUT2D eigenvalue weighted by molar-refractivity contribution is -0.385. The molecule has 1 aliphatic heterocycles. The van der Waals surface area contributed by atoms with Gasteiger partial charge in [0.1, 0.15) is 12.4 Å². The molecule has 0 spiro atoms. The van der Waals surface area contributed by atoms with E-state index in [1.165, 1.54) is 18.9 Å². The number of hydrogen-bond donors (Lipinski definition) is 1. The number of aromatic carboxylic acids is 1. The number of rotatable bonds is 6. The minimum atomic E-state index is -1.21. The van der Waals surface area contributed by atoms with Gasteiger partial charge >= 0.3 is 5.97 Å². The predicted octanol–water partition coefficient (Wildman–Crippen LogP) is 2.08. The molecule has 0 aromatic heterocycles. The molecular formula is C14H18N2O5. The largest absolute Gasteiger partial charge is 0.492 e. The van der Waals surface area contributed by atoms with Crippen LogP contribution in [0.1, 0.15) is 28.8 Å². The molecule has 0 radical (unpaired) electrons. The first-order chi connectivity index (χ1) is 9.99. The number of benzene rings is 1. The summed E-state index contributed by atoms with van der Waals surface area (Å²) >= 11 is 0. The van der Waals surface area contributed by atoms with Crippen LogP contribution < -0.4 is 4.74 Å². The van der Waals surface area contributed by atoms with E-state index in [9.17, 15) is 14.9 Å². The summed E-state index contributed by atoms with van der Waals surface area (Å²) < 4.78 is 5.57. The predicted molar refractivity (Wildman–Crippen MR) is 76.0 cm³/mol. The third-order valence-corrected chi connectivity index (χ3v) is 3.64. The number of hydrogen-bond acceptors (Lipinski definition) is 5. The highest BCUT2D eigenvalue weighted by atomic mass is 16.6. The van der Waals surface area contributed by atoms with Crippen molar-refractivity contribution in [2.75, 3.05) is 26.2 Å². The Morgan fingerprint density at radius 1 is 1.43 bits per heavy atom. The molecule has 0 amide bonds. The summed E-state index contributed by atoms with van der Waals surface area (Å²) in [6, 6.07) is 2.40. The van der Waals surface area contributed by atoms with Crippen molar-refractivity contribution >= 4 is 11.7 Å². The molecule has 1 fully saturated rings. The molecular weight excluding hydrogens is 276 g/mol. The van der Waals surface area contributed by atoms with E-state index < -0.39 is 10.9 Å². The molecule has 2 rings (SSSR count). The summed E-state index contributed by atoms with van der Waals surface area (Å²) in [7, 11) is 0. The topological polar surface area (TPSA) is 92.9 Å². The molecule has 1 aromatic rings. The summed E-state index contributed by atoms with van der Waals surface area (Å²) in [4.78, 5) is 23.7. The first-order valence-corrected chi connectivity index (χ1v) is 6.86. The highest BCUT2D eigenvalue weighted by molar-refractivity contribution is 5.89. The van der Waals surface area contributed by atoms with Gasteiger partial charge in [-0.2, -0.15) is 0 Å². The van der Waals surface area contributed by atoms with Crippen molar-refractivity contribution in [1.29, 1.82) is 0 Å². The number of nitrogens with zero attached hydrogens (tertiary/aromatic N) is 2. The number of nitro groups is 1. The summed E-state index contributed by atoms with van der Waals surface area (Å²) in [5.41, 5.74) is -0.0130. The monoisotopic (exact) mass is 294 g/mol. The van der Waals surface area contributed by atoms with Gasteiger partial charge in [-0.3, -0.25) is 15.0 Å². The van der Waals surface area contributed by atoms with Crippen molar-refractivity contribution in [3.8, 4) is 5.75 Å². The van der Waals surface area contributed by atoms with Gasteiger partial charge in [0.2, 0.25) is 0 Å². The summed E-state index contributed by atoms with van der Waals surface area (Å²) in [6.45, 7) is 4.77. The van der Waals surface area contributed by atoms with Crippen molar-refractivity contribution in [3.63, 3.8) is 0 Å². The van der Waals surface area contributed by atoms with Gasteiger partial charge in [-0.15, -0.1) is 0 Å². The molecule has 0 atom stereocenters. The molecule has 1 heterocycles. The standard InChI is InChI=1S/C14H18N2O5/c1-10-12(16(19)20)8-11(14(17)18)9-13(10)21-7-6-15-4-2-3-5-15/h8-9H,2-7H2,1H3,(H,17,18). The number of nitro benzene ring substituents is 1. The van der Waals surface area contributed by atoms with Crippen LogP contribution in [0.3, 0.4) is 0 Å². The zero-order valence-corrected chi connectivity index (χ0v) is 11.9. The fourth-order valence-electron chi connectivity index (χ4n) is 2.43. The lowest BCUT2D eigenvalue weighted by Crippen LogP contribution is -2.25. The minimum Gasteiger partial charge on any atom is -0.492 e. The van der Waals surface area contributed by atoms with Gasteiger partial charge in [0, 0.05) is 12.6 Å². The van der Waals surface area contributed by atoms with Gasteiger partial charge in [-0.25, -0.2) is 4.79 Å². The molecule has 114 valence electrons. The number of carboxylic acids is 1. The van der Waals surface area contributed by atoms with Crippen molar-refractivity contribution in [2.24, 2.45) is 0 Å². The van der Waals surface area contributed by atoms with E-state index in [0.717, 1.165) is 25.7 Å². The molecule has 0 aliphatic carbocycles. The summed E-state index contributed by atoms with van der Waals surface area (Å²) in [6.07, 6.45) is 2.36. The zero-order valence-electron chi connectivity index (χ0n) is 11.9. The van der Waals surface area contributed by atoms with Gasteiger partial charge < -0.3 is 9.84 Å². The van der Waals surface area contributed by atoms with Crippen LogP contribution in [0.4, 0.5) is 5.69 Å². The van der Waals surface area contributed by atoms with Gasteiger partial charge in [0.25, 0.3) is 5.69 Å². The lowest BCUT2D eigenvalue weighted by Gasteiger charge is -2.16. The Kier molecular flexibility index (Phi) is 4.74. The molecule has 0 unspecified atom stereocenters. The maximum absolute atomic E-state index is 11.0. The highest BCUT2D eigenvalue weighted by Gasteiger charge is 2.20. The lowest BCUT2D eigenvalue weighted by atomic mass is 10.1. The Bertz CT molecular complexity index is 553. The van der Waals surface area contributed by atoms with E-state index in [-0.39, 0.29) is 17.0 Å². The molecule has 1 N–H and O–H groups in total. The van der Waals surface area contributed by atoms with Crippen LogP contribution in [-0.2, 0) is 0 Å². The van der Waals surface area contributed by atoms with Crippen LogP contribution in [0.2, 0.25) is 0 Å². The van der Waals surface area contributed by atoms with Gasteiger partial charge in [-0.05, 0) is 38.9 Å². The van der Waals surface area contributed by atoms with E-state index >= 15 is 0 Å². The van der Waals surface area contributed by atoms with Crippen LogP contribution in [-0.4, -0.2) is 47.1 Å². The van der Waals surface area contributed by atoms with E-state index in [1.807, 2.05) is 0 Å². The number of ether oxygens (including phenoxy) is 1. The van der Waals surface area contributed by atoms with Crippen LogP contribution in [0.25, 0.3) is 0 Å². The van der Waals surface area contributed by atoms with E-state index in [4.69, 9.17) is 9.84 Å². The SMILES string of the molecule is Cc1c(OCCN2CCCC2)cc(C(=O)O)cc1[N+](=O)[O-]. The second-order valence-corrected chi connectivity index (χ2v) is 5.08. The Hall–Kier alpha value is -2.15. The van der Waals surface area contributed by atoms with Crippen molar-refractivity contribution in [2.45, 2.75) is 19.8 Å². The van der Waals surface area contributed by atoms with Gasteiger partial charge in [0.05, 0.1) is 16.1 Å². The normalized spacial score (nSPS) is 15.1. The van der Waals surface area contributed by atoms with E-state index in [1.54, 1.807) is 6.92 Å². The average molecular weight is 294 g/mol. The average Bonchev–Trinajstić information content (AvgIpc) is 2.93. The quantitative estimate of drug-likeness (QED) is 0.637. The second kappa shape index (κ2) is 6.53. The van der Waals surface area contributed by atoms with Gasteiger partial charge in [-0.1, -0.05) is 0 Å². The third kappa shape index (κ3) is 3.69. The summed E-state index contributed by atoms with van der Waals surface area (Å²) in [5.74, 6) is -0.941. The third-order valence-electron chi connectivity index (χ3n) is 3.64. The first kappa shape index (κ1) is 15.2. The molecule has 1 aliphatic rings. The summed E-state index contributed by atoms with van der Waals surface area (Å²) in [5, 5.41) is 20.0. The second-order valence-electron chi connectivity index (χ2n) is 5.08. The van der Waals surface area contributed by atoms with Gasteiger partial charge in [0.15, 0.2) is 0 Å². The van der Waals surface area contributed by atoms with Crippen molar-refractivity contribution in [3.05, 3.63) is 33.4 Å². The smallest absolute Gasteiger partial charge is 0.336 e. The molecule has 1 aromatic carbocycles. The molecule has 7 nitrogen and oxygen atoms in total. The van der Waals surface area contributed by atoms with Crippen LogP contribution in [0.5, 0.6) is 5.75 Å². The Morgan fingerprint density at radius 2 is 2.10 bits per heavy atom. The van der Waals surface area contributed by atoms with E-state index in [2.05, 4.69) is 4.90 Å². The number of carbonyl (C=O) groups is 1. The fourth-order valence-corrected chi connectivity index (χ4v) is 2.43. The maximum Gasteiger partial charge on any atom is 0.336 e. The van der Waals surface area contributed by atoms with Crippen molar-refractivity contribution in [1.82, 2.24) is 4.90 Å². The molecule has 21 heavy (non-hydrogen) atoms. The molecule has 0 saturated carbocycles. The Labute approximate surface area is 122 Å². The Balaban J connectivity index is 2.12. The minimum absolute atomic E-state index is 0.136. The highest BCUT2D eigenvalue weighted by Crippen LogP contribution is 2.29. The van der Waals surface area contributed by atoms with E-state index in [0.29, 0.717) is 12.2 Å².